The first-order valence-corrected chi connectivity index (χ1v) is 8.84. The third-order valence-corrected chi connectivity index (χ3v) is 4.85. The predicted octanol–water partition coefficient (Wildman–Crippen LogP) is 4.63. The number of furan rings is 1. The minimum Gasteiger partial charge on any atom is -0.484 e. The van der Waals surface area contributed by atoms with Gasteiger partial charge in [-0.15, -0.1) is 0 Å². The highest BCUT2D eigenvalue weighted by Crippen LogP contribution is 2.26. The van der Waals surface area contributed by atoms with Crippen LogP contribution in [0.25, 0.3) is 0 Å². The maximum Gasteiger partial charge on any atom is 0.277 e. The summed E-state index contributed by atoms with van der Waals surface area (Å²) < 4.78 is 12.1. The van der Waals surface area contributed by atoms with Crippen LogP contribution in [0.1, 0.15) is 32.1 Å². The van der Waals surface area contributed by atoms with Gasteiger partial charge in [-0.3, -0.25) is 4.79 Å². The van der Waals surface area contributed by atoms with Gasteiger partial charge in [0.15, 0.2) is 11.3 Å². The normalized spacial score (nSPS) is 11.7. The average molecular weight is 458 g/mol. The molecule has 0 aliphatic heterocycles. The summed E-state index contributed by atoms with van der Waals surface area (Å²) in [6.07, 6.45) is 1.41. The molecule has 0 saturated carbocycles. The number of hydrogen-bond donors (Lipinski definition) is 1. The van der Waals surface area contributed by atoms with E-state index in [1.165, 1.54) is 11.8 Å². The molecule has 0 radical (unpaired) electrons. The smallest absolute Gasteiger partial charge is 0.277 e. The van der Waals surface area contributed by atoms with Crippen LogP contribution < -0.4 is 10.2 Å². The predicted molar refractivity (Wildman–Crippen MR) is 100 cm³/mol. The fourth-order valence-electron chi connectivity index (χ4n) is 1.83. The first kappa shape index (κ1) is 18.7. The number of amides is 1. The molecular weight excluding hydrogens is 440 g/mol. The largest absolute Gasteiger partial charge is 0.484 e. The summed E-state index contributed by atoms with van der Waals surface area (Å²) in [6.45, 7) is 6.32. The second kappa shape index (κ2) is 7.98. The zero-order valence-electron chi connectivity index (χ0n) is 13.6. The first-order chi connectivity index (χ1) is 11.3. The van der Waals surface area contributed by atoms with Crippen molar-refractivity contribution in [1.82, 2.24) is 5.43 Å². The Labute approximate surface area is 157 Å². The van der Waals surface area contributed by atoms with E-state index in [0.29, 0.717) is 16.2 Å². The molecule has 0 aliphatic carbocycles. The molecule has 0 bridgehead atoms. The molecule has 0 fully saturated rings. The van der Waals surface area contributed by atoms with Crippen LogP contribution >= 0.6 is 31.9 Å². The van der Waals surface area contributed by atoms with Gasteiger partial charge in [0.05, 0.1) is 10.7 Å². The number of nitrogens with one attached hydrogen (secondary N) is 1. The summed E-state index contributed by atoms with van der Waals surface area (Å²) in [4.78, 5) is 11.7. The molecule has 2 aromatic rings. The SMILES string of the molecule is CC(C)(C)c1ccc(OCC(=O)N/N=C/c2cc(Br)c(Br)o2)cc1. The molecule has 0 atom stereocenters. The number of carbonyl (C=O) groups excluding carboxylic acids is 1. The summed E-state index contributed by atoms with van der Waals surface area (Å²) in [6, 6.07) is 9.44. The van der Waals surface area contributed by atoms with Gasteiger partial charge in [-0.2, -0.15) is 5.10 Å². The Kier molecular flexibility index (Phi) is 6.23. The Morgan fingerprint density at radius 3 is 2.50 bits per heavy atom. The molecule has 0 aliphatic rings. The minimum absolute atomic E-state index is 0.0838. The first-order valence-electron chi connectivity index (χ1n) is 7.26. The van der Waals surface area contributed by atoms with Crippen molar-refractivity contribution in [3.05, 3.63) is 50.8 Å². The number of carbonyl (C=O) groups is 1. The van der Waals surface area contributed by atoms with Crippen molar-refractivity contribution in [3.8, 4) is 5.75 Å². The lowest BCUT2D eigenvalue weighted by Crippen LogP contribution is -2.24. The number of hydrogen-bond acceptors (Lipinski definition) is 4. The number of rotatable bonds is 5. The van der Waals surface area contributed by atoms with E-state index in [-0.39, 0.29) is 17.9 Å². The maximum absolute atomic E-state index is 11.7. The number of ether oxygens (including phenoxy) is 1. The molecule has 0 spiro atoms. The number of nitrogens with zero attached hydrogens (tertiary/aromatic N) is 1. The van der Waals surface area contributed by atoms with Gasteiger partial charge >= 0.3 is 0 Å². The van der Waals surface area contributed by atoms with Gasteiger partial charge in [-0.1, -0.05) is 32.9 Å². The van der Waals surface area contributed by atoms with E-state index >= 15 is 0 Å². The van der Waals surface area contributed by atoms with Gasteiger partial charge in [-0.25, -0.2) is 5.43 Å². The summed E-state index contributed by atoms with van der Waals surface area (Å²) >= 11 is 6.52. The van der Waals surface area contributed by atoms with E-state index in [1.54, 1.807) is 6.07 Å². The second-order valence-corrected chi connectivity index (χ2v) is 7.70. The van der Waals surface area contributed by atoms with Crippen molar-refractivity contribution in [3.63, 3.8) is 0 Å². The zero-order valence-corrected chi connectivity index (χ0v) is 16.8. The topological polar surface area (TPSA) is 63.8 Å². The molecule has 128 valence electrons. The number of hydrazone groups is 1. The quantitative estimate of drug-likeness (QED) is 0.525. The van der Waals surface area contributed by atoms with Crippen molar-refractivity contribution >= 4 is 44.0 Å². The number of halogens is 2. The molecule has 24 heavy (non-hydrogen) atoms. The lowest BCUT2D eigenvalue weighted by atomic mass is 9.87. The van der Waals surface area contributed by atoms with Gasteiger partial charge in [0.2, 0.25) is 0 Å². The van der Waals surface area contributed by atoms with Crippen LogP contribution in [0.5, 0.6) is 5.75 Å². The Balaban J connectivity index is 1.80. The molecule has 1 heterocycles. The van der Waals surface area contributed by atoms with Gasteiger partial charge in [0.1, 0.15) is 11.5 Å². The maximum atomic E-state index is 11.7. The van der Waals surface area contributed by atoms with Crippen molar-refractivity contribution < 1.29 is 13.9 Å². The molecule has 1 aromatic heterocycles. The fourth-order valence-corrected chi connectivity index (χ4v) is 2.44. The molecule has 0 saturated heterocycles. The molecule has 2 rings (SSSR count). The highest BCUT2D eigenvalue weighted by atomic mass is 79.9. The standard InChI is InChI=1S/C17H18Br2N2O3/c1-17(2,3)11-4-6-12(7-5-11)23-10-15(22)21-20-9-13-8-14(18)16(19)24-13/h4-9H,10H2,1-3H3,(H,21,22)/b20-9+. The van der Waals surface area contributed by atoms with Crippen molar-refractivity contribution in [2.75, 3.05) is 6.61 Å². The van der Waals surface area contributed by atoms with Gasteiger partial charge < -0.3 is 9.15 Å². The molecule has 5 nitrogen and oxygen atoms in total. The molecule has 7 heteroatoms. The number of benzene rings is 1. The summed E-state index contributed by atoms with van der Waals surface area (Å²) in [5.41, 5.74) is 3.67. The van der Waals surface area contributed by atoms with Gasteiger partial charge in [0.25, 0.3) is 5.91 Å². The second-order valence-electron chi connectivity index (χ2n) is 6.13. The van der Waals surface area contributed by atoms with Crippen LogP contribution in [-0.2, 0) is 10.2 Å². The van der Waals surface area contributed by atoms with Crippen LogP contribution in [0.3, 0.4) is 0 Å². The minimum atomic E-state index is -0.351. The van der Waals surface area contributed by atoms with Gasteiger partial charge in [0, 0.05) is 6.07 Å². The Morgan fingerprint density at radius 1 is 1.29 bits per heavy atom. The van der Waals surface area contributed by atoms with E-state index in [9.17, 15) is 4.79 Å². The van der Waals surface area contributed by atoms with E-state index in [1.807, 2.05) is 24.3 Å². The van der Waals surface area contributed by atoms with Crippen molar-refractivity contribution in [2.24, 2.45) is 5.10 Å². The Morgan fingerprint density at radius 2 is 1.96 bits per heavy atom. The highest BCUT2D eigenvalue weighted by molar-refractivity contribution is 9.13. The molecule has 0 unspecified atom stereocenters. The van der Waals surface area contributed by atoms with E-state index in [2.05, 4.69) is 63.2 Å². The monoisotopic (exact) mass is 456 g/mol. The average Bonchev–Trinajstić information content (AvgIpc) is 2.83. The zero-order chi connectivity index (χ0) is 17.7. The molecule has 1 amide bonds. The molecule has 1 N–H and O–H groups in total. The third kappa shape index (κ3) is 5.49. The fraction of sp³-hybridized carbons (Fsp3) is 0.294. The van der Waals surface area contributed by atoms with Crippen LogP contribution in [0.15, 0.2) is 49.0 Å². The van der Waals surface area contributed by atoms with Crippen molar-refractivity contribution in [1.29, 1.82) is 0 Å². The van der Waals surface area contributed by atoms with Crippen LogP contribution in [-0.4, -0.2) is 18.7 Å². The third-order valence-electron chi connectivity index (χ3n) is 3.14. The molecular formula is C17H18Br2N2O3. The van der Waals surface area contributed by atoms with E-state index in [4.69, 9.17) is 9.15 Å². The Hall–Kier alpha value is -1.60. The summed E-state index contributed by atoms with van der Waals surface area (Å²) in [7, 11) is 0. The summed E-state index contributed by atoms with van der Waals surface area (Å²) in [5, 5.41) is 3.81. The Bertz CT molecular complexity index is 712. The van der Waals surface area contributed by atoms with Crippen LogP contribution in [0.2, 0.25) is 0 Å². The highest BCUT2D eigenvalue weighted by Gasteiger charge is 2.13. The van der Waals surface area contributed by atoms with Gasteiger partial charge in [-0.05, 0) is 55.0 Å². The van der Waals surface area contributed by atoms with E-state index in [0.717, 1.165) is 4.47 Å². The van der Waals surface area contributed by atoms with E-state index < -0.39 is 0 Å². The van der Waals surface area contributed by atoms with Crippen molar-refractivity contribution in [2.45, 2.75) is 26.2 Å². The summed E-state index contributed by atoms with van der Waals surface area (Å²) in [5.74, 6) is 0.796. The lowest BCUT2D eigenvalue weighted by Gasteiger charge is -2.19. The molecule has 1 aromatic carbocycles. The lowest BCUT2D eigenvalue weighted by molar-refractivity contribution is -0.123. The van der Waals surface area contributed by atoms with Crippen LogP contribution in [0, 0.1) is 0 Å². The van der Waals surface area contributed by atoms with Crippen LogP contribution in [0.4, 0.5) is 0 Å².